The van der Waals surface area contributed by atoms with Crippen molar-refractivity contribution in [1.82, 2.24) is 9.55 Å². The van der Waals surface area contributed by atoms with Gasteiger partial charge in [0.2, 0.25) is 0 Å². The quantitative estimate of drug-likeness (QED) is 0.155. The van der Waals surface area contributed by atoms with Gasteiger partial charge in [0.15, 0.2) is 0 Å². The van der Waals surface area contributed by atoms with Crippen LogP contribution in [-0.4, -0.2) is 9.55 Å². The number of hydrogen-bond acceptors (Lipinski definition) is 4. The van der Waals surface area contributed by atoms with Gasteiger partial charge >= 0.3 is 0 Å². The molecule has 8 aromatic rings. The fourth-order valence-corrected chi connectivity index (χ4v) is 9.10. The molecule has 6 aromatic carbocycles. The molecule has 0 fully saturated rings. The molecule has 0 spiro atoms. The summed E-state index contributed by atoms with van der Waals surface area (Å²) in [5.41, 5.74) is 14.9. The van der Waals surface area contributed by atoms with E-state index in [1.165, 1.54) is 38.9 Å². The van der Waals surface area contributed by atoms with Crippen molar-refractivity contribution in [3.8, 4) is 28.4 Å². The Morgan fingerprint density at radius 3 is 1.63 bits per heavy atom. The largest absolute Gasteiger partial charge is 0.509 e. The molecule has 9 rings (SSSR count). The summed E-state index contributed by atoms with van der Waals surface area (Å²) >= 11 is 0. The third-order valence-electron chi connectivity index (χ3n) is 13.3. The van der Waals surface area contributed by atoms with Crippen molar-refractivity contribution in [1.29, 1.82) is 0 Å². The minimum atomic E-state index is -0.139. The summed E-state index contributed by atoms with van der Waals surface area (Å²) in [7, 11) is 0. The number of nitrogens with zero attached hydrogens (tertiary/aromatic N) is 4. The van der Waals surface area contributed by atoms with E-state index in [9.17, 15) is 0 Å². The van der Waals surface area contributed by atoms with E-state index in [2.05, 4.69) is 246 Å². The van der Waals surface area contributed by atoms with Crippen LogP contribution in [0.3, 0.4) is 0 Å². The normalized spacial score (nSPS) is 13.6. The molecule has 6 heteroatoms. The van der Waals surface area contributed by atoms with Crippen molar-refractivity contribution in [2.45, 2.75) is 131 Å². The molecule has 0 amide bonds. The number of hydrogen-bond donors (Lipinski definition) is 0. The van der Waals surface area contributed by atoms with Gasteiger partial charge in [-0.3, -0.25) is 0 Å². The molecule has 0 bridgehead atoms. The van der Waals surface area contributed by atoms with Crippen LogP contribution in [0.25, 0.3) is 38.8 Å². The predicted octanol–water partition coefficient (Wildman–Crippen LogP) is 17.1. The summed E-state index contributed by atoms with van der Waals surface area (Å²) in [6.45, 7) is 36.5. The average molecular weight is 1080 g/mol. The van der Waals surface area contributed by atoms with Gasteiger partial charge in [-0.05, 0) is 108 Å². The Morgan fingerprint density at radius 2 is 1.04 bits per heavy atom. The Hall–Kier alpha value is -5.64. The van der Waals surface area contributed by atoms with Crippen LogP contribution in [0.15, 0.2) is 128 Å². The summed E-state index contributed by atoms with van der Waals surface area (Å²) in [4.78, 5) is 9.76. The Kier molecular flexibility index (Phi) is 12.5. The van der Waals surface area contributed by atoms with Crippen molar-refractivity contribution >= 4 is 44.6 Å². The molecule has 0 radical (unpaired) electrons. The second-order valence-corrected chi connectivity index (χ2v) is 23.7. The van der Waals surface area contributed by atoms with Crippen LogP contribution >= 0.6 is 0 Å². The standard InChI is InChI=1S/C62H67N4O.Pt/c1-58(2,3)41-29-40(30-42(31-41)59(4,5)6)51-37-57(63-38-52(51)62(13,14)15)66-53-24-17-16-23-49(53)50-28-27-48(36-56(50)66)67-47-22-20-21-45(35-47)64-39-65(55-26-19-18-25-54(55)64)46-33-43(60(7,8)9)32-44(34-46)61(10,11)12;/h16-34,37-39H,1-15H3;/q-3;. The molecule has 2 aromatic heterocycles. The fraction of sp³-hybridized carbons (Fsp3) is 0.323. The van der Waals surface area contributed by atoms with Gasteiger partial charge in [0.05, 0.1) is 0 Å². The van der Waals surface area contributed by atoms with Gasteiger partial charge in [-0.15, -0.1) is 48.1 Å². The van der Waals surface area contributed by atoms with E-state index >= 15 is 0 Å². The maximum Gasteiger partial charge on any atom is 0.136 e. The zero-order valence-electron chi connectivity index (χ0n) is 42.7. The van der Waals surface area contributed by atoms with Crippen molar-refractivity contribution in [3.05, 3.63) is 174 Å². The minimum Gasteiger partial charge on any atom is -0.509 e. The van der Waals surface area contributed by atoms with E-state index < -0.39 is 0 Å². The Morgan fingerprint density at radius 1 is 0.500 bits per heavy atom. The Balaban J connectivity index is 0.00000625. The van der Waals surface area contributed by atoms with Crippen molar-refractivity contribution in [2.75, 3.05) is 9.80 Å². The van der Waals surface area contributed by atoms with Crippen LogP contribution in [0.5, 0.6) is 11.5 Å². The molecule has 354 valence electrons. The van der Waals surface area contributed by atoms with Crippen molar-refractivity contribution in [2.24, 2.45) is 0 Å². The number of anilines is 4. The summed E-state index contributed by atoms with van der Waals surface area (Å²) in [6.07, 6.45) is 2.09. The number of fused-ring (bicyclic) bond motifs is 4. The maximum atomic E-state index is 6.73. The number of aromatic nitrogens is 2. The molecule has 1 aliphatic rings. The van der Waals surface area contributed by atoms with Crippen LogP contribution in [0.2, 0.25) is 0 Å². The summed E-state index contributed by atoms with van der Waals surface area (Å²) in [5, 5.41) is 2.22. The van der Waals surface area contributed by atoms with Crippen LogP contribution < -0.4 is 14.5 Å². The number of ether oxygens (including phenoxy) is 1. The first kappa shape index (κ1) is 48.8. The average Bonchev–Trinajstić information content (AvgIpc) is 3.81. The summed E-state index contributed by atoms with van der Waals surface area (Å²) in [6, 6.07) is 51.2. The van der Waals surface area contributed by atoms with Crippen LogP contribution in [0, 0.1) is 18.8 Å². The SMILES string of the molecule is CC(C)(C)c1cc(-c2cc(-n3c4[c-]c(Oc5[c-]c(N6[CH-]N(c7cc(C(C)(C)C)cc(C(C)(C)C)c7)c7ccccc76)ccc5)ccc4c4ccccc43)ncc2C(C)(C)C)cc(C(C)(C)C)c1.[Pt]. The van der Waals surface area contributed by atoms with E-state index in [1.54, 1.807) is 0 Å². The molecule has 0 saturated heterocycles. The van der Waals surface area contributed by atoms with Gasteiger partial charge in [0.25, 0.3) is 0 Å². The molecule has 0 aliphatic carbocycles. The number of para-hydroxylation sites is 3. The van der Waals surface area contributed by atoms with Crippen LogP contribution in [0.4, 0.5) is 22.7 Å². The van der Waals surface area contributed by atoms with Gasteiger partial charge in [0.1, 0.15) is 5.82 Å². The van der Waals surface area contributed by atoms with Crippen molar-refractivity contribution < 1.29 is 25.8 Å². The van der Waals surface area contributed by atoms with E-state index in [-0.39, 0.29) is 48.1 Å². The maximum absolute atomic E-state index is 6.73. The molecule has 0 atom stereocenters. The number of pyridine rings is 1. The van der Waals surface area contributed by atoms with Crippen LogP contribution in [-0.2, 0) is 48.1 Å². The molecule has 5 nitrogen and oxygen atoms in total. The van der Waals surface area contributed by atoms with Gasteiger partial charge in [-0.25, -0.2) is 4.98 Å². The zero-order chi connectivity index (χ0) is 48.0. The summed E-state index contributed by atoms with van der Waals surface area (Å²) in [5.74, 6) is 2.04. The molecular formula is C62H67N4OPt-3. The molecule has 3 heterocycles. The molecule has 0 N–H and O–H groups in total. The molecule has 0 saturated carbocycles. The topological polar surface area (TPSA) is 33.5 Å². The van der Waals surface area contributed by atoms with Gasteiger partial charge in [-0.2, -0.15) is 12.1 Å². The van der Waals surface area contributed by atoms with Gasteiger partial charge in [-0.1, -0.05) is 164 Å². The monoisotopic (exact) mass is 1080 g/mol. The third-order valence-corrected chi connectivity index (χ3v) is 13.3. The van der Waals surface area contributed by atoms with Gasteiger partial charge in [0, 0.05) is 61.3 Å². The fourth-order valence-electron chi connectivity index (χ4n) is 9.10. The van der Waals surface area contributed by atoms with E-state index in [4.69, 9.17) is 9.72 Å². The van der Waals surface area contributed by atoms with E-state index in [0.717, 1.165) is 50.4 Å². The minimum absolute atomic E-state index is 0. The Labute approximate surface area is 420 Å². The van der Waals surface area contributed by atoms with Crippen molar-refractivity contribution in [3.63, 3.8) is 0 Å². The zero-order valence-corrected chi connectivity index (χ0v) is 45.0. The van der Waals surface area contributed by atoms with E-state index in [1.807, 2.05) is 18.2 Å². The number of rotatable bonds is 6. The predicted molar refractivity (Wildman–Crippen MR) is 283 cm³/mol. The first-order valence-electron chi connectivity index (χ1n) is 23.9. The first-order chi connectivity index (χ1) is 31.3. The molecule has 68 heavy (non-hydrogen) atoms. The second-order valence-electron chi connectivity index (χ2n) is 23.7. The second kappa shape index (κ2) is 17.4. The van der Waals surface area contributed by atoms with E-state index in [0.29, 0.717) is 11.5 Å². The number of benzene rings is 6. The molecule has 1 aliphatic heterocycles. The summed E-state index contributed by atoms with van der Waals surface area (Å²) < 4.78 is 8.97. The van der Waals surface area contributed by atoms with Crippen LogP contribution in [0.1, 0.15) is 132 Å². The molecule has 0 unspecified atom stereocenters. The molecular weight excluding hydrogens is 1010 g/mol. The third kappa shape index (κ3) is 9.41. The first-order valence-corrected chi connectivity index (χ1v) is 23.9. The van der Waals surface area contributed by atoms with Gasteiger partial charge < -0.3 is 19.1 Å². The Bertz CT molecular complexity index is 3110. The smallest absolute Gasteiger partial charge is 0.136 e.